The number of hydrogen-bond donors (Lipinski definition) is 1. The first kappa shape index (κ1) is 12.4. The van der Waals surface area contributed by atoms with Gasteiger partial charge in [-0.05, 0) is 37.1 Å². The largest absolute Gasteiger partial charge is 0.336 e. The van der Waals surface area contributed by atoms with E-state index >= 15 is 0 Å². The number of carbonyl (C=O) groups is 1. The van der Waals surface area contributed by atoms with E-state index in [0.29, 0.717) is 10.6 Å². The van der Waals surface area contributed by atoms with Gasteiger partial charge in [0, 0.05) is 26.2 Å². The van der Waals surface area contributed by atoms with Crippen molar-refractivity contribution in [1.82, 2.24) is 10.2 Å². The predicted molar refractivity (Wildman–Crippen MR) is 69.7 cm³/mol. The fraction of sp³-hybridized carbons (Fsp3) is 0.462. The Balaban J connectivity index is 2.26. The highest BCUT2D eigenvalue weighted by molar-refractivity contribution is 6.34. The summed E-state index contributed by atoms with van der Waals surface area (Å²) in [5.41, 5.74) is 2.84. The van der Waals surface area contributed by atoms with Crippen molar-refractivity contribution in [1.29, 1.82) is 0 Å². The molecule has 1 aliphatic heterocycles. The van der Waals surface area contributed by atoms with Gasteiger partial charge in [-0.25, -0.2) is 0 Å². The molecule has 0 radical (unpaired) electrons. The Morgan fingerprint density at radius 1 is 1.24 bits per heavy atom. The second kappa shape index (κ2) is 5.07. The number of carbonyl (C=O) groups excluding carboxylic acids is 1. The molecule has 1 heterocycles. The van der Waals surface area contributed by atoms with Crippen molar-refractivity contribution < 1.29 is 4.79 Å². The molecule has 0 aliphatic carbocycles. The summed E-state index contributed by atoms with van der Waals surface area (Å²) in [5.74, 6) is 0.0413. The van der Waals surface area contributed by atoms with E-state index in [-0.39, 0.29) is 5.91 Å². The summed E-state index contributed by atoms with van der Waals surface area (Å²) in [6, 6.07) is 3.76. The zero-order chi connectivity index (χ0) is 12.4. The molecular formula is C13H17ClN2O. The second-order valence-electron chi connectivity index (χ2n) is 4.46. The van der Waals surface area contributed by atoms with Crippen LogP contribution in [0.1, 0.15) is 21.5 Å². The first-order chi connectivity index (χ1) is 8.09. The molecule has 0 atom stereocenters. The van der Waals surface area contributed by atoms with Gasteiger partial charge in [0.05, 0.1) is 10.6 Å². The molecule has 3 nitrogen and oxygen atoms in total. The summed E-state index contributed by atoms with van der Waals surface area (Å²) in [6.45, 7) is 7.22. The summed E-state index contributed by atoms with van der Waals surface area (Å²) in [7, 11) is 0. The lowest BCUT2D eigenvalue weighted by Gasteiger charge is -2.28. The van der Waals surface area contributed by atoms with Gasteiger partial charge in [-0.15, -0.1) is 0 Å². The maximum Gasteiger partial charge on any atom is 0.255 e. The minimum atomic E-state index is 0.0413. The van der Waals surface area contributed by atoms with Crippen molar-refractivity contribution in [3.05, 3.63) is 33.8 Å². The number of benzene rings is 1. The number of aryl methyl sites for hydroxylation is 2. The van der Waals surface area contributed by atoms with E-state index in [1.165, 1.54) is 0 Å². The normalized spacial score (nSPS) is 16.1. The van der Waals surface area contributed by atoms with E-state index < -0.39 is 0 Å². The Morgan fingerprint density at radius 2 is 1.82 bits per heavy atom. The average molecular weight is 253 g/mol. The molecule has 1 aromatic rings. The first-order valence-corrected chi connectivity index (χ1v) is 6.24. The lowest BCUT2D eigenvalue weighted by atomic mass is 10.1. The first-order valence-electron chi connectivity index (χ1n) is 5.86. The minimum absolute atomic E-state index is 0.0413. The molecule has 4 heteroatoms. The molecule has 92 valence electrons. The smallest absolute Gasteiger partial charge is 0.255 e. The van der Waals surface area contributed by atoms with Crippen LogP contribution in [0.2, 0.25) is 5.02 Å². The number of nitrogens with zero attached hydrogens (tertiary/aromatic N) is 1. The molecule has 0 spiro atoms. The lowest BCUT2D eigenvalue weighted by molar-refractivity contribution is 0.0736. The van der Waals surface area contributed by atoms with Crippen molar-refractivity contribution in [3.63, 3.8) is 0 Å². The van der Waals surface area contributed by atoms with Crippen molar-refractivity contribution in [2.45, 2.75) is 13.8 Å². The Labute approximate surface area is 107 Å². The zero-order valence-corrected chi connectivity index (χ0v) is 11.0. The van der Waals surface area contributed by atoms with Crippen molar-refractivity contribution >= 4 is 17.5 Å². The summed E-state index contributed by atoms with van der Waals surface area (Å²) in [4.78, 5) is 14.2. The number of rotatable bonds is 1. The number of hydrogen-bond acceptors (Lipinski definition) is 2. The second-order valence-corrected chi connectivity index (χ2v) is 4.87. The zero-order valence-electron chi connectivity index (χ0n) is 10.2. The van der Waals surface area contributed by atoms with Crippen LogP contribution in [0.15, 0.2) is 12.1 Å². The Bertz CT molecular complexity index is 439. The van der Waals surface area contributed by atoms with Gasteiger partial charge in [-0.1, -0.05) is 11.6 Å². The molecule has 1 N–H and O–H groups in total. The average Bonchev–Trinajstić information content (AvgIpc) is 2.34. The van der Waals surface area contributed by atoms with Gasteiger partial charge in [-0.2, -0.15) is 0 Å². The molecule has 1 fully saturated rings. The summed E-state index contributed by atoms with van der Waals surface area (Å²) < 4.78 is 0. The van der Waals surface area contributed by atoms with Gasteiger partial charge in [-0.3, -0.25) is 4.79 Å². The van der Waals surface area contributed by atoms with Crippen LogP contribution in [-0.2, 0) is 0 Å². The van der Waals surface area contributed by atoms with Crippen LogP contribution in [0.3, 0.4) is 0 Å². The van der Waals surface area contributed by atoms with Gasteiger partial charge in [0.2, 0.25) is 0 Å². The molecule has 0 unspecified atom stereocenters. The Morgan fingerprint density at radius 3 is 2.47 bits per heavy atom. The van der Waals surface area contributed by atoms with E-state index in [0.717, 1.165) is 37.3 Å². The summed E-state index contributed by atoms with van der Waals surface area (Å²) >= 11 is 6.15. The predicted octanol–water partition coefficient (Wildman–Crippen LogP) is 2.00. The molecule has 17 heavy (non-hydrogen) atoms. The van der Waals surface area contributed by atoms with E-state index in [9.17, 15) is 4.79 Å². The highest BCUT2D eigenvalue weighted by Gasteiger charge is 2.20. The van der Waals surface area contributed by atoms with Crippen LogP contribution < -0.4 is 5.32 Å². The molecule has 1 aliphatic rings. The van der Waals surface area contributed by atoms with Gasteiger partial charge < -0.3 is 10.2 Å². The summed E-state index contributed by atoms with van der Waals surface area (Å²) in [6.07, 6.45) is 0. The molecule has 0 saturated carbocycles. The monoisotopic (exact) mass is 252 g/mol. The maximum atomic E-state index is 12.3. The quantitative estimate of drug-likeness (QED) is 0.829. The highest BCUT2D eigenvalue weighted by Crippen LogP contribution is 2.22. The van der Waals surface area contributed by atoms with Crippen LogP contribution in [-0.4, -0.2) is 37.0 Å². The number of amides is 1. The van der Waals surface area contributed by atoms with Crippen LogP contribution in [0, 0.1) is 13.8 Å². The lowest BCUT2D eigenvalue weighted by Crippen LogP contribution is -2.46. The Hall–Kier alpha value is -1.06. The molecule has 2 rings (SSSR count). The highest BCUT2D eigenvalue weighted by atomic mass is 35.5. The van der Waals surface area contributed by atoms with Crippen LogP contribution in [0.25, 0.3) is 0 Å². The minimum Gasteiger partial charge on any atom is -0.336 e. The summed E-state index contributed by atoms with van der Waals surface area (Å²) in [5, 5.41) is 3.78. The number of nitrogens with one attached hydrogen (secondary N) is 1. The van der Waals surface area contributed by atoms with Crippen LogP contribution >= 0.6 is 11.6 Å². The van der Waals surface area contributed by atoms with Gasteiger partial charge >= 0.3 is 0 Å². The third kappa shape index (κ3) is 2.61. The van der Waals surface area contributed by atoms with E-state index in [1.54, 1.807) is 0 Å². The van der Waals surface area contributed by atoms with Crippen LogP contribution in [0.4, 0.5) is 0 Å². The fourth-order valence-corrected chi connectivity index (χ4v) is 2.28. The fourth-order valence-electron chi connectivity index (χ4n) is 1.98. The molecule has 0 aromatic heterocycles. The van der Waals surface area contributed by atoms with E-state index in [2.05, 4.69) is 5.32 Å². The van der Waals surface area contributed by atoms with Crippen molar-refractivity contribution in [2.75, 3.05) is 26.2 Å². The SMILES string of the molecule is Cc1cc(Cl)c(C(=O)N2CCNCC2)cc1C. The van der Waals surface area contributed by atoms with E-state index in [1.807, 2.05) is 30.9 Å². The topological polar surface area (TPSA) is 32.3 Å². The van der Waals surface area contributed by atoms with Gasteiger partial charge in [0.1, 0.15) is 0 Å². The third-order valence-electron chi connectivity index (χ3n) is 3.22. The molecule has 1 amide bonds. The van der Waals surface area contributed by atoms with Crippen molar-refractivity contribution in [2.24, 2.45) is 0 Å². The number of piperazine rings is 1. The Kier molecular flexibility index (Phi) is 3.69. The molecular weight excluding hydrogens is 236 g/mol. The molecule has 0 bridgehead atoms. The molecule has 1 aromatic carbocycles. The third-order valence-corrected chi connectivity index (χ3v) is 3.53. The number of halogens is 1. The maximum absolute atomic E-state index is 12.3. The van der Waals surface area contributed by atoms with Crippen LogP contribution in [0.5, 0.6) is 0 Å². The molecule has 1 saturated heterocycles. The standard InChI is InChI=1S/C13H17ClN2O/c1-9-7-11(12(14)8-10(9)2)13(17)16-5-3-15-4-6-16/h7-8,15H,3-6H2,1-2H3. The van der Waals surface area contributed by atoms with Gasteiger partial charge in [0.15, 0.2) is 0 Å². The van der Waals surface area contributed by atoms with E-state index in [4.69, 9.17) is 11.6 Å². The van der Waals surface area contributed by atoms with Gasteiger partial charge in [0.25, 0.3) is 5.91 Å². The van der Waals surface area contributed by atoms with Crippen molar-refractivity contribution in [3.8, 4) is 0 Å².